The number of imidazole rings is 1. The van der Waals surface area contributed by atoms with Crippen molar-refractivity contribution in [3.63, 3.8) is 0 Å². The topological polar surface area (TPSA) is 119 Å². The summed E-state index contributed by atoms with van der Waals surface area (Å²) in [6, 6.07) is 26.0. The van der Waals surface area contributed by atoms with Gasteiger partial charge in [-0.05, 0) is 57.9 Å². The Morgan fingerprint density at radius 2 is 1.65 bits per heavy atom. The Bertz CT molecular complexity index is 1850. The van der Waals surface area contributed by atoms with Crippen LogP contribution in [0, 0.1) is 11.8 Å². The van der Waals surface area contributed by atoms with Gasteiger partial charge >= 0.3 is 5.97 Å². The molecule has 0 fully saturated rings. The number of carbonyl (C=O) groups is 2. The lowest BCUT2D eigenvalue weighted by atomic mass is 9.98. The molecule has 10 nitrogen and oxygen atoms in total. The van der Waals surface area contributed by atoms with E-state index in [1.807, 2.05) is 66.1 Å². The zero-order valence-electron chi connectivity index (χ0n) is 27.8. The molecular weight excluding hydrogens is 602 g/mol. The average molecular weight is 644 g/mol. The first-order valence-electron chi connectivity index (χ1n) is 16.5. The van der Waals surface area contributed by atoms with Gasteiger partial charge in [-0.2, -0.15) is 0 Å². The summed E-state index contributed by atoms with van der Waals surface area (Å²) < 4.78 is 7.59. The van der Waals surface area contributed by atoms with Crippen LogP contribution < -0.4 is 0 Å². The number of amides is 1. The van der Waals surface area contributed by atoms with Crippen LogP contribution >= 0.6 is 0 Å². The fraction of sp³-hybridized carbons (Fsp3) is 0.316. The molecule has 0 unspecified atom stereocenters. The van der Waals surface area contributed by atoms with Crippen LogP contribution in [0.15, 0.2) is 78.9 Å². The van der Waals surface area contributed by atoms with Crippen molar-refractivity contribution in [2.75, 3.05) is 13.2 Å². The van der Waals surface area contributed by atoms with Crippen LogP contribution in [0.25, 0.3) is 22.5 Å². The van der Waals surface area contributed by atoms with Crippen LogP contribution in [0.3, 0.4) is 0 Å². The molecule has 0 saturated heterocycles. The molecule has 246 valence electrons. The Morgan fingerprint density at radius 3 is 2.33 bits per heavy atom. The van der Waals surface area contributed by atoms with Crippen molar-refractivity contribution >= 4 is 11.9 Å². The van der Waals surface area contributed by atoms with Crippen molar-refractivity contribution in [3.05, 3.63) is 107 Å². The van der Waals surface area contributed by atoms with Gasteiger partial charge in [0.15, 0.2) is 18.1 Å². The molecule has 0 bridgehead atoms. The molecule has 2 aromatic heterocycles. The lowest BCUT2D eigenvalue weighted by Gasteiger charge is -2.20. The van der Waals surface area contributed by atoms with Crippen molar-refractivity contribution in [2.45, 2.75) is 66.0 Å². The maximum atomic E-state index is 13.5. The van der Waals surface area contributed by atoms with Crippen molar-refractivity contribution in [2.24, 2.45) is 0 Å². The number of esters is 1. The molecule has 0 saturated carbocycles. The smallest absolute Gasteiger partial charge is 0.357 e. The summed E-state index contributed by atoms with van der Waals surface area (Å²) >= 11 is 0. The lowest BCUT2D eigenvalue weighted by molar-refractivity contribution is -0.125. The minimum Gasteiger partial charge on any atom is -0.448 e. The molecule has 1 amide bonds. The Morgan fingerprint density at radius 1 is 0.896 bits per heavy atom. The summed E-state index contributed by atoms with van der Waals surface area (Å²) in [6.07, 6.45) is 4.04. The number of tetrazole rings is 1. The number of nitrogens with one attached hydrogen (secondary N) is 1. The van der Waals surface area contributed by atoms with Gasteiger partial charge < -0.3 is 14.2 Å². The number of nitrogens with zero attached hydrogens (tertiary/aromatic N) is 6. The Balaban J connectivity index is 1.31. The van der Waals surface area contributed by atoms with E-state index in [9.17, 15) is 9.59 Å². The van der Waals surface area contributed by atoms with Gasteiger partial charge in [-0.1, -0.05) is 112 Å². The van der Waals surface area contributed by atoms with Gasteiger partial charge in [0, 0.05) is 31.6 Å². The van der Waals surface area contributed by atoms with Gasteiger partial charge in [-0.25, -0.2) is 14.9 Å². The normalized spacial score (nSPS) is 10.7. The average Bonchev–Trinajstić information content (AvgIpc) is 3.78. The second kappa shape index (κ2) is 16.8. The number of hydrogen-bond acceptors (Lipinski definition) is 7. The number of unbranched alkanes of at least 4 members (excludes halogenated alkanes) is 1. The Hall–Kier alpha value is -5.56. The van der Waals surface area contributed by atoms with Crippen LogP contribution in [-0.2, 0) is 35.5 Å². The van der Waals surface area contributed by atoms with Gasteiger partial charge in [-0.3, -0.25) is 4.79 Å². The van der Waals surface area contributed by atoms with Crippen molar-refractivity contribution in [3.8, 4) is 34.4 Å². The third-order valence-electron chi connectivity index (χ3n) is 8.01. The van der Waals surface area contributed by atoms with E-state index in [-0.39, 0.29) is 12.5 Å². The van der Waals surface area contributed by atoms with Gasteiger partial charge in [0.1, 0.15) is 5.82 Å². The Kier molecular flexibility index (Phi) is 11.9. The van der Waals surface area contributed by atoms with Crippen LogP contribution in [0.4, 0.5) is 0 Å². The van der Waals surface area contributed by atoms with Gasteiger partial charge in [0.05, 0.1) is 5.69 Å². The fourth-order valence-corrected chi connectivity index (χ4v) is 5.57. The number of aryl methyl sites for hydroxylation is 2. The van der Waals surface area contributed by atoms with Crippen LogP contribution in [0.2, 0.25) is 0 Å². The minimum atomic E-state index is -0.498. The second-order valence-electron chi connectivity index (χ2n) is 11.4. The first-order chi connectivity index (χ1) is 23.5. The number of hydrogen-bond donors (Lipinski definition) is 1. The van der Waals surface area contributed by atoms with Crippen molar-refractivity contribution in [1.29, 1.82) is 0 Å². The number of aromatic amines is 1. The van der Waals surface area contributed by atoms with Crippen LogP contribution in [0.5, 0.6) is 0 Å². The van der Waals surface area contributed by atoms with Crippen LogP contribution in [0.1, 0.15) is 73.2 Å². The highest BCUT2D eigenvalue weighted by atomic mass is 16.5. The first kappa shape index (κ1) is 33.8. The van der Waals surface area contributed by atoms with Gasteiger partial charge in [0.25, 0.3) is 5.91 Å². The zero-order chi connectivity index (χ0) is 33.7. The van der Waals surface area contributed by atoms with E-state index in [0.29, 0.717) is 43.3 Å². The molecule has 1 N–H and O–H groups in total. The molecular formula is C38H41N7O3. The van der Waals surface area contributed by atoms with E-state index in [1.165, 1.54) is 0 Å². The standard InChI is InChI=1S/C38H41N7O3/c1-4-7-24-44(26-28-15-9-8-10-16-28)35(46)19-13-25-48-38(47)36-33(6-3)39-34(14-5-2)45(36)27-29-20-22-30(23-21-29)31-17-11-12-18-32(31)37-40-42-43-41-37/h8-12,15-18,20-23H,4-7,14,24-27H2,1-3H3,(H,40,41,42,43). The van der Waals surface area contributed by atoms with E-state index in [4.69, 9.17) is 9.72 Å². The summed E-state index contributed by atoms with van der Waals surface area (Å²) in [5.41, 5.74) is 6.10. The van der Waals surface area contributed by atoms with E-state index >= 15 is 0 Å². The predicted molar refractivity (Wildman–Crippen MR) is 185 cm³/mol. The summed E-state index contributed by atoms with van der Waals surface area (Å²) in [5, 5.41) is 14.4. The number of benzene rings is 3. The first-order valence-corrected chi connectivity index (χ1v) is 16.5. The summed E-state index contributed by atoms with van der Waals surface area (Å²) in [4.78, 5) is 33.1. The molecule has 3 aromatic carbocycles. The molecule has 0 aliphatic heterocycles. The lowest BCUT2D eigenvalue weighted by Crippen LogP contribution is -2.30. The molecule has 0 spiro atoms. The van der Waals surface area contributed by atoms with E-state index in [0.717, 1.165) is 59.3 Å². The zero-order valence-corrected chi connectivity index (χ0v) is 27.8. The molecule has 0 radical (unpaired) electrons. The molecule has 5 aromatic rings. The second-order valence-corrected chi connectivity index (χ2v) is 11.4. The quantitative estimate of drug-likeness (QED) is 0.112. The summed E-state index contributed by atoms with van der Waals surface area (Å²) in [5.74, 6) is 6.11. The third-order valence-corrected chi connectivity index (χ3v) is 8.01. The van der Waals surface area contributed by atoms with Gasteiger partial charge in [-0.15, -0.1) is 5.10 Å². The maximum Gasteiger partial charge on any atom is 0.357 e. The fourth-order valence-electron chi connectivity index (χ4n) is 5.57. The molecule has 48 heavy (non-hydrogen) atoms. The van der Waals surface area contributed by atoms with E-state index in [1.54, 1.807) is 4.90 Å². The molecule has 0 atom stereocenters. The highest BCUT2D eigenvalue weighted by Crippen LogP contribution is 2.30. The number of rotatable bonds is 14. The largest absolute Gasteiger partial charge is 0.448 e. The number of carbonyl (C=O) groups excluding carboxylic acids is 2. The maximum absolute atomic E-state index is 13.5. The molecule has 0 aliphatic carbocycles. The van der Waals surface area contributed by atoms with Crippen molar-refractivity contribution < 1.29 is 14.3 Å². The molecule has 5 rings (SSSR count). The minimum absolute atomic E-state index is 0.191. The van der Waals surface area contributed by atoms with Gasteiger partial charge in [0.2, 0.25) is 0 Å². The monoisotopic (exact) mass is 643 g/mol. The predicted octanol–water partition coefficient (Wildman–Crippen LogP) is 6.28. The molecule has 0 aliphatic rings. The van der Waals surface area contributed by atoms with E-state index < -0.39 is 5.97 Å². The molecule has 10 heteroatoms. The third kappa shape index (κ3) is 8.42. The molecule has 2 heterocycles. The number of H-pyrrole nitrogens is 1. The van der Waals surface area contributed by atoms with Crippen molar-refractivity contribution in [1.82, 2.24) is 35.1 Å². The number of aromatic nitrogens is 6. The highest BCUT2D eigenvalue weighted by Gasteiger charge is 2.23. The number of ether oxygens (including phenoxy) is 1. The van der Waals surface area contributed by atoms with E-state index in [2.05, 4.69) is 70.6 Å². The highest BCUT2D eigenvalue weighted by molar-refractivity contribution is 5.93. The Labute approximate surface area is 281 Å². The summed E-state index contributed by atoms with van der Waals surface area (Å²) in [6.45, 7) is 7.52. The SMILES string of the molecule is CCCCN(Cc1ccccc1)C(=O)C#CCOC(=O)c1c(CC)nc(CCC)n1Cc1ccc(-c2ccccc2-c2nnn[nH]2)cc1. The van der Waals surface area contributed by atoms with Crippen LogP contribution in [-0.4, -0.2) is 60.1 Å². The summed E-state index contributed by atoms with van der Waals surface area (Å²) in [7, 11) is 0.